The monoisotopic (exact) mass is 243 g/mol. The molecule has 0 aliphatic rings. The fraction of sp³-hybridized carbons (Fsp3) is 0. The third kappa shape index (κ3) is 4.46. The molecule has 0 fully saturated rings. The molecule has 2 N–H and O–H groups in total. The standard InChI is InChI=1S/C3H2ClN3O3.2K.2H/c4-7-2(9)5-1(8)6-3(7)10;;;;/h(H2,5,6,8,9,10);;;;/q;2*+1;2*-1. The van der Waals surface area contributed by atoms with Crippen LogP contribution in [0.5, 0.6) is 0 Å². The molecule has 0 aromatic carbocycles. The van der Waals surface area contributed by atoms with Crippen LogP contribution in [0.25, 0.3) is 0 Å². The summed E-state index contributed by atoms with van der Waals surface area (Å²) >= 11 is 5.04. The Bertz CT molecular complexity index is 380. The third-order valence-corrected chi connectivity index (χ3v) is 1.10. The number of nitrogens with one attached hydrogen (secondary N) is 2. The first-order valence-electron chi connectivity index (χ1n) is 2.23. The van der Waals surface area contributed by atoms with Gasteiger partial charge in [-0.15, -0.1) is 0 Å². The van der Waals surface area contributed by atoms with Gasteiger partial charge >= 0.3 is 120 Å². The summed E-state index contributed by atoms with van der Waals surface area (Å²) in [5.74, 6) is 0. The predicted molar refractivity (Wildman–Crippen MR) is 35.4 cm³/mol. The number of H-pyrrole nitrogens is 2. The second-order valence-corrected chi connectivity index (χ2v) is 1.81. The van der Waals surface area contributed by atoms with E-state index in [-0.39, 0.29) is 110 Å². The zero-order valence-electron chi connectivity index (χ0n) is 8.55. The molecule has 0 atom stereocenters. The summed E-state index contributed by atoms with van der Waals surface area (Å²) in [6, 6.07) is 0. The third-order valence-electron chi connectivity index (χ3n) is 0.798. The zero-order valence-corrected chi connectivity index (χ0v) is 13.6. The summed E-state index contributed by atoms with van der Waals surface area (Å²) in [5, 5.41) is 0. The van der Waals surface area contributed by atoms with Crippen molar-refractivity contribution in [3.8, 4) is 0 Å². The molecular weight excluding hydrogens is 240 g/mol. The Labute approximate surface area is 159 Å². The maximum Gasteiger partial charge on any atom is 1.00 e. The van der Waals surface area contributed by atoms with Crippen molar-refractivity contribution in [3.05, 3.63) is 31.5 Å². The second kappa shape index (κ2) is 7.29. The first-order valence-corrected chi connectivity index (χ1v) is 2.57. The largest absolute Gasteiger partial charge is 1.00 e. The molecule has 0 bridgehead atoms. The van der Waals surface area contributed by atoms with E-state index in [2.05, 4.69) is 0 Å². The van der Waals surface area contributed by atoms with Gasteiger partial charge in [-0.25, -0.2) is 14.4 Å². The fourth-order valence-electron chi connectivity index (χ4n) is 0.416. The van der Waals surface area contributed by atoms with Gasteiger partial charge in [0, 0.05) is 11.8 Å². The van der Waals surface area contributed by atoms with E-state index in [1.54, 1.807) is 9.97 Å². The average molecular weight is 244 g/mol. The van der Waals surface area contributed by atoms with Crippen molar-refractivity contribution in [2.45, 2.75) is 0 Å². The van der Waals surface area contributed by atoms with E-state index in [4.69, 9.17) is 11.8 Å². The van der Waals surface area contributed by atoms with Crippen LogP contribution in [0, 0.1) is 0 Å². The molecule has 1 rings (SSSR count). The molecule has 12 heavy (non-hydrogen) atoms. The molecule has 6 nitrogen and oxygen atoms in total. The van der Waals surface area contributed by atoms with E-state index in [1.807, 2.05) is 0 Å². The number of halogens is 1. The Morgan fingerprint density at radius 2 is 1.42 bits per heavy atom. The minimum absolute atomic E-state index is 0. The van der Waals surface area contributed by atoms with Gasteiger partial charge in [-0.1, -0.05) is 0 Å². The van der Waals surface area contributed by atoms with E-state index >= 15 is 0 Å². The van der Waals surface area contributed by atoms with Gasteiger partial charge in [0.25, 0.3) is 0 Å². The quantitative estimate of drug-likeness (QED) is 0.444. The van der Waals surface area contributed by atoms with E-state index < -0.39 is 17.1 Å². The summed E-state index contributed by atoms with van der Waals surface area (Å²) in [5.41, 5.74) is -2.77. The van der Waals surface area contributed by atoms with Crippen molar-refractivity contribution in [1.29, 1.82) is 0 Å². The topological polar surface area (TPSA) is 87.7 Å². The first kappa shape index (κ1) is 16.4. The normalized spacial score (nSPS) is 8.08. The minimum Gasteiger partial charge on any atom is -1.00 e. The van der Waals surface area contributed by atoms with Crippen LogP contribution in [0.15, 0.2) is 14.4 Å². The van der Waals surface area contributed by atoms with Crippen LogP contribution in [0.2, 0.25) is 0 Å². The Morgan fingerprint density at radius 1 is 1.08 bits per heavy atom. The molecule has 1 heterocycles. The van der Waals surface area contributed by atoms with E-state index in [0.29, 0.717) is 0 Å². The number of aromatic amines is 2. The maximum atomic E-state index is 10.4. The predicted octanol–water partition coefficient (Wildman–Crippen LogP) is -7.54. The van der Waals surface area contributed by atoms with E-state index in [1.165, 1.54) is 0 Å². The molecule has 0 unspecified atom stereocenters. The molecule has 0 aliphatic carbocycles. The number of nitrogens with zero attached hydrogens (tertiary/aromatic N) is 1. The molecule has 0 saturated heterocycles. The molecule has 0 aliphatic heterocycles. The fourth-order valence-corrected chi connectivity index (χ4v) is 0.500. The molecule has 0 spiro atoms. The number of aromatic nitrogens is 3. The molecule has 0 saturated carbocycles. The van der Waals surface area contributed by atoms with Crippen molar-refractivity contribution in [2.24, 2.45) is 0 Å². The van der Waals surface area contributed by atoms with E-state index in [0.717, 1.165) is 0 Å². The number of hydrogen-bond acceptors (Lipinski definition) is 3. The van der Waals surface area contributed by atoms with Gasteiger partial charge in [0.2, 0.25) is 0 Å². The Morgan fingerprint density at radius 3 is 1.75 bits per heavy atom. The molecule has 1 aromatic rings. The first-order chi connectivity index (χ1) is 4.61. The molecule has 1 aromatic heterocycles. The van der Waals surface area contributed by atoms with Crippen LogP contribution in [0.3, 0.4) is 0 Å². The molecule has 0 amide bonds. The average Bonchev–Trinajstić information content (AvgIpc) is 1.82. The summed E-state index contributed by atoms with van der Waals surface area (Å²) in [4.78, 5) is 34.6. The van der Waals surface area contributed by atoms with Gasteiger partial charge in [-0.3, -0.25) is 9.97 Å². The number of hydrogen-bond donors (Lipinski definition) is 2. The summed E-state index contributed by atoms with van der Waals surface area (Å²) in [6.07, 6.45) is 0. The molecule has 9 heteroatoms. The van der Waals surface area contributed by atoms with Crippen molar-refractivity contribution in [3.63, 3.8) is 0 Å². The summed E-state index contributed by atoms with van der Waals surface area (Å²) in [6.45, 7) is 0. The van der Waals surface area contributed by atoms with Gasteiger partial charge in [0.1, 0.15) is 0 Å². The van der Waals surface area contributed by atoms with Crippen LogP contribution in [0.1, 0.15) is 2.85 Å². The molecule has 58 valence electrons. The van der Waals surface area contributed by atoms with Crippen LogP contribution < -0.4 is 120 Å². The minimum atomic E-state index is -0.949. The SMILES string of the molecule is O=c1[nH]c(=O)n(Cl)c(=O)[nH]1.[H-].[H-].[K+].[K+]. The van der Waals surface area contributed by atoms with Gasteiger partial charge in [0.05, 0.1) is 0 Å². The molecular formula is C3H4ClK2N3O3. The van der Waals surface area contributed by atoms with Gasteiger partial charge < -0.3 is 2.85 Å². The number of rotatable bonds is 0. The smallest absolute Gasteiger partial charge is 1.00 e. The maximum absolute atomic E-state index is 10.4. The van der Waals surface area contributed by atoms with Gasteiger partial charge in [-0.2, -0.15) is 4.09 Å². The van der Waals surface area contributed by atoms with Crippen LogP contribution in [-0.2, 0) is 0 Å². The van der Waals surface area contributed by atoms with Crippen LogP contribution >= 0.6 is 11.8 Å². The second-order valence-electron chi connectivity index (χ2n) is 1.47. The van der Waals surface area contributed by atoms with Crippen molar-refractivity contribution in [1.82, 2.24) is 14.1 Å². The van der Waals surface area contributed by atoms with Crippen molar-refractivity contribution in [2.75, 3.05) is 0 Å². The summed E-state index contributed by atoms with van der Waals surface area (Å²) in [7, 11) is 0. The summed E-state index contributed by atoms with van der Waals surface area (Å²) < 4.78 is 0.238. The van der Waals surface area contributed by atoms with Crippen molar-refractivity contribution >= 4 is 11.8 Å². The van der Waals surface area contributed by atoms with Gasteiger partial charge in [-0.05, 0) is 0 Å². The zero-order chi connectivity index (χ0) is 7.72. The van der Waals surface area contributed by atoms with Gasteiger partial charge in [0.15, 0.2) is 0 Å². The van der Waals surface area contributed by atoms with Crippen LogP contribution in [0.4, 0.5) is 0 Å². The molecule has 0 radical (unpaired) electrons. The van der Waals surface area contributed by atoms with Crippen molar-refractivity contribution < 1.29 is 106 Å². The van der Waals surface area contributed by atoms with E-state index in [9.17, 15) is 14.4 Å². The Balaban J connectivity index is -0.000000125. The Hall–Kier alpha value is 1.97. The Kier molecular flexibility index (Phi) is 9.96. The van der Waals surface area contributed by atoms with Crippen LogP contribution in [-0.4, -0.2) is 14.1 Å².